The number of anilines is 1. The van der Waals surface area contributed by atoms with E-state index in [4.69, 9.17) is 0 Å². The first-order valence-corrected chi connectivity index (χ1v) is 7.13. The summed E-state index contributed by atoms with van der Waals surface area (Å²) in [5, 5.41) is 3.49. The van der Waals surface area contributed by atoms with Crippen molar-refractivity contribution in [2.24, 2.45) is 0 Å². The number of aryl methyl sites for hydroxylation is 2. The highest BCUT2D eigenvalue weighted by Gasteiger charge is 2.09. The van der Waals surface area contributed by atoms with Gasteiger partial charge in [0.1, 0.15) is 4.60 Å². The largest absolute Gasteiger partial charge is 0.376 e. The second-order valence-corrected chi connectivity index (χ2v) is 6.21. The van der Waals surface area contributed by atoms with Crippen molar-refractivity contribution in [3.8, 4) is 0 Å². The van der Waals surface area contributed by atoms with E-state index in [1.165, 1.54) is 9.75 Å². The van der Waals surface area contributed by atoms with Gasteiger partial charge in [-0.3, -0.25) is 0 Å². The molecular weight excluding hydrogens is 296 g/mol. The van der Waals surface area contributed by atoms with Gasteiger partial charge in [0, 0.05) is 9.75 Å². The van der Waals surface area contributed by atoms with E-state index >= 15 is 0 Å². The summed E-state index contributed by atoms with van der Waals surface area (Å²) >= 11 is 5.21. The fourth-order valence-corrected chi connectivity index (χ4v) is 2.95. The van der Waals surface area contributed by atoms with Gasteiger partial charge in [0.25, 0.3) is 0 Å². The summed E-state index contributed by atoms with van der Waals surface area (Å²) in [5.74, 6) is 0. The molecule has 0 bridgehead atoms. The molecule has 2 rings (SSSR count). The minimum absolute atomic E-state index is 0.315. The van der Waals surface area contributed by atoms with Crippen LogP contribution in [0.4, 0.5) is 5.69 Å². The molecule has 0 aliphatic carbocycles. The predicted molar refractivity (Wildman–Crippen MR) is 77.8 cm³/mol. The lowest BCUT2D eigenvalue weighted by molar-refractivity contribution is 0.900. The molecule has 0 fully saturated rings. The first-order chi connectivity index (χ1) is 8.06. The number of rotatable bonds is 3. The molecule has 1 N–H and O–H groups in total. The highest BCUT2D eigenvalue weighted by molar-refractivity contribution is 9.10. The average Bonchev–Trinajstić information content (AvgIpc) is 2.69. The molecule has 0 spiro atoms. The minimum atomic E-state index is 0.315. The monoisotopic (exact) mass is 310 g/mol. The van der Waals surface area contributed by atoms with Crippen molar-refractivity contribution >= 4 is 33.0 Å². The third-order valence-corrected chi connectivity index (χ3v) is 4.24. The zero-order valence-corrected chi connectivity index (χ0v) is 12.5. The van der Waals surface area contributed by atoms with Gasteiger partial charge in [-0.2, -0.15) is 0 Å². The molecule has 2 nitrogen and oxygen atoms in total. The summed E-state index contributed by atoms with van der Waals surface area (Å²) in [5.41, 5.74) is 2.10. The summed E-state index contributed by atoms with van der Waals surface area (Å²) < 4.78 is 0.875. The van der Waals surface area contributed by atoms with Crippen LogP contribution in [0.3, 0.4) is 0 Å². The van der Waals surface area contributed by atoms with Gasteiger partial charge >= 0.3 is 0 Å². The van der Waals surface area contributed by atoms with Crippen LogP contribution in [-0.4, -0.2) is 4.98 Å². The molecule has 0 aromatic carbocycles. The van der Waals surface area contributed by atoms with Crippen molar-refractivity contribution < 1.29 is 0 Å². The van der Waals surface area contributed by atoms with E-state index in [2.05, 4.69) is 58.3 Å². The molecule has 4 heteroatoms. The van der Waals surface area contributed by atoms with Gasteiger partial charge in [0.2, 0.25) is 0 Å². The molecule has 0 amide bonds. The van der Waals surface area contributed by atoms with Crippen LogP contribution in [0, 0.1) is 13.8 Å². The Morgan fingerprint density at radius 3 is 2.59 bits per heavy atom. The lowest BCUT2D eigenvalue weighted by Crippen LogP contribution is -2.06. The number of halogens is 1. The predicted octanol–water partition coefficient (Wildman–Crippen LogP) is 4.70. The number of aromatic nitrogens is 1. The Morgan fingerprint density at radius 1 is 1.24 bits per heavy atom. The van der Waals surface area contributed by atoms with E-state index in [0.29, 0.717) is 6.04 Å². The summed E-state index contributed by atoms with van der Waals surface area (Å²) in [6.07, 6.45) is 0. The molecule has 90 valence electrons. The standard InChI is InChI=1S/C13H15BrN2S/c1-8-4-6-12(17-8)10(3)15-11-5-7-13(14)16-9(11)2/h4-7,10,15H,1-3H3. The zero-order valence-electron chi connectivity index (χ0n) is 10.1. The smallest absolute Gasteiger partial charge is 0.106 e. The lowest BCUT2D eigenvalue weighted by Gasteiger charge is -2.15. The third-order valence-electron chi connectivity index (χ3n) is 2.61. The van der Waals surface area contributed by atoms with Crippen LogP contribution < -0.4 is 5.32 Å². The molecule has 2 aromatic heterocycles. The van der Waals surface area contributed by atoms with E-state index in [1.807, 2.05) is 24.3 Å². The van der Waals surface area contributed by atoms with Gasteiger partial charge in [-0.25, -0.2) is 4.98 Å². The Balaban J connectivity index is 2.15. The fraction of sp³-hybridized carbons (Fsp3) is 0.308. The van der Waals surface area contributed by atoms with Gasteiger partial charge in [-0.15, -0.1) is 11.3 Å². The van der Waals surface area contributed by atoms with Crippen molar-refractivity contribution in [3.63, 3.8) is 0 Å². The van der Waals surface area contributed by atoms with Gasteiger partial charge in [0.15, 0.2) is 0 Å². The number of hydrogen-bond donors (Lipinski definition) is 1. The normalized spacial score (nSPS) is 12.5. The van der Waals surface area contributed by atoms with Crippen LogP contribution in [0.25, 0.3) is 0 Å². The van der Waals surface area contributed by atoms with Crippen LogP contribution in [0.15, 0.2) is 28.9 Å². The number of pyridine rings is 1. The SMILES string of the molecule is Cc1ccc(C(C)Nc2ccc(Br)nc2C)s1. The molecule has 17 heavy (non-hydrogen) atoms. The van der Waals surface area contributed by atoms with Gasteiger partial charge in [0.05, 0.1) is 17.4 Å². The highest BCUT2D eigenvalue weighted by Crippen LogP contribution is 2.27. The molecule has 1 unspecified atom stereocenters. The van der Waals surface area contributed by atoms with Crippen LogP contribution in [0.2, 0.25) is 0 Å². The molecular formula is C13H15BrN2S. The Morgan fingerprint density at radius 2 is 2.00 bits per heavy atom. The van der Waals surface area contributed by atoms with Crippen LogP contribution in [0.5, 0.6) is 0 Å². The minimum Gasteiger partial charge on any atom is -0.376 e. The first kappa shape index (κ1) is 12.6. The van der Waals surface area contributed by atoms with Crippen LogP contribution in [0.1, 0.15) is 28.4 Å². The van der Waals surface area contributed by atoms with Gasteiger partial charge in [-0.1, -0.05) is 0 Å². The van der Waals surface area contributed by atoms with E-state index < -0.39 is 0 Å². The molecule has 0 aliphatic rings. The number of thiophene rings is 1. The van der Waals surface area contributed by atoms with Gasteiger partial charge in [-0.05, 0) is 61.0 Å². The maximum atomic E-state index is 4.38. The highest BCUT2D eigenvalue weighted by atomic mass is 79.9. The van der Waals surface area contributed by atoms with E-state index in [-0.39, 0.29) is 0 Å². The molecule has 2 heterocycles. The van der Waals surface area contributed by atoms with Crippen LogP contribution in [-0.2, 0) is 0 Å². The third kappa shape index (κ3) is 3.07. The molecule has 1 atom stereocenters. The quantitative estimate of drug-likeness (QED) is 0.831. The van der Waals surface area contributed by atoms with Gasteiger partial charge < -0.3 is 5.32 Å². The first-order valence-electron chi connectivity index (χ1n) is 5.52. The molecule has 0 saturated carbocycles. The molecule has 2 aromatic rings. The number of nitrogens with zero attached hydrogens (tertiary/aromatic N) is 1. The van der Waals surface area contributed by atoms with Crippen molar-refractivity contribution in [2.75, 3.05) is 5.32 Å². The summed E-state index contributed by atoms with van der Waals surface area (Å²) in [4.78, 5) is 7.08. The van der Waals surface area contributed by atoms with Crippen molar-refractivity contribution in [3.05, 3.63) is 44.3 Å². The van der Waals surface area contributed by atoms with E-state index in [9.17, 15) is 0 Å². The van der Waals surface area contributed by atoms with Crippen molar-refractivity contribution in [1.29, 1.82) is 0 Å². The number of nitrogens with one attached hydrogen (secondary N) is 1. The van der Waals surface area contributed by atoms with E-state index in [0.717, 1.165) is 16.0 Å². The second kappa shape index (κ2) is 5.19. The topological polar surface area (TPSA) is 24.9 Å². The molecule has 0 saturated heterocycles. The lowest BCUT2D eigenvalue weighted by atomic mass is 10.2. The second-order valence-electron chi connectivity index (χ2n) is 4.08. The summed E-state index contributed by atoms with van der Waals surface area (Å²) in [6, 6.07) is 8.67. The van der Waals surface area contributed by atoms with E-state index in [1.54, 1.807) is 0 Å². The Kier molecular flexibility index (Phi) is 3.84. The fourth-order valence-electron chi connectivity index (χ4n) is 1.67. The summed E-state index contributed by atoms with van der Waals surface area (Å²) in [7, 11) is 0. The molecule has 0 radical (unpaired) electrons. The zero-order chi connectivity index (χ0) is 12.4. The Labute approximate surface area is 114 Å². The van der Waals surface area contributed by atoms with Crippen LogP contribution >= 0.6 is 27.3 Å². The maximum Gasteiger partial charge on any atom is 0.106 e. The number of hydrogen-bond acceptors (Lipinski definition) is 3. The van der Waals surface area contributed by atoms with Crippen molar-refractivity contribution in [1.82, 2.24) is 4.98 Å². The Bertz CT molecular complexity index is 522. The Hall–Kier alpha value is -0.870. The van der Waals surface area contributed by atoms with Crippen molar-refractivity contribution in [2.45, 2.75) is 26.8 Å². The molecule has 0 aliphatic heterocycles. The summed E-state index contributed by atoms with van der Waals surface area (Å²) in [6.45, 7) is 6.32. The average molecular weight is 311 g/mol. The maximum absolute atomic E-state index is 4.38.